The van der Waals surface area contributed by atoms with E-state index in [9.17, 15) is 4.79 Å². The Morgan fingerprint density at radius 1 is 1.33 bits per heavy atom. The van der Waals surface area contributed by atoms with Crippen LogP contribution in [0, 0.1) is 6.92 Å². The lowest BCUT2D eigenvalue weighted by Gasteiger charge is -2.32. The Labute approximate surface area is 115 Å². The van der Waals surface area contributed by atoms with Gasteiger partial charge in [0.2, 0.25) is 0 Å². The average Bonchev–Trinajstić information content (AvgIpc) is 2.70. The molecule has 0 aromatic heterocycles. The highest BCUT2D eigenvalue weighted by atomic mass is 79.9. The van der Waals surface area contributed by atoms with Crippen LogP contribution in [0.25, 0.3) is 0 Å². The highest BCUT2D eigenvalue weighted by Crippen LogP contribution is 2.28. The Morgan fingerprint density at radius 3 is 2.67 bits per heavy atom. The molecule has 2 heterocycles. The van der Waals surface area contributed by atoms with Crippen molar-refractivity contribution in [1.29, 1.82) is 0 Å². The number of amides is 1. The highest BCUT2D eigenvalue weighted by Gasteiger charge is 2.36. The van der Waals surface area contributed by atoms with Gasteiger partial charge < -0.3 is 9.64 Å². The van der Waals surface area contributed by atoms with Gasteiger partial charge >= 0.3 is 0 Å². The maximum absolute atomic E-state index is 12.5. The molecule has 4 heteroatoms. The van der Waals surface area contributed by atoms with Crippen molar-refractivity contribution in [3.8, 4) is 0 Å². The largest absolute Gasteiger partial charge is 0.371 e. The second-order valence-corrected chi connectivity index (χ2v) is 6.01. The molecule has 0 radical (unpaired) electrons. The first-order valence-corrected chi connectivity index (χ1v) is 7.13. The minimum absolute atomic E-state index is 0.116. The number of benzene rings is 1. The third kappa shape index (κ3) is 2.19. The average molecular weight is 310 g/mol. The fourth-order valence-electron chi connectivity index (χ4n) is 2.75. The summed E-state index contributed by atoms with van der Waals surface area (Å²) in [6.07, 6.45) is 2.67. The summed E-state index contributed by atoms with van der Waals surface area (Å²) in [7, 11) is 0. The standard InChI is InChI=1S/C14H16BrNO2/c1-9-2-5-13(15)12(6-9)14(17)16-7-10-3-4-11(8-16)18-10/h2,5-6,10-11H,3-4,7-8H2,1H3. The molecule has 0 aliphatic carbocycles. The zero-order valence-corrected chi connectivity index (χ0v) is 11.9. The zero-order chi connectivity index (χ0) is 12.7. The van der Waals surface area contributed by atoms with Gasteiger partial charge in [-0.1, -0.05) is 11.6 Å². The lowest BCUT2D eigenvalue weighted by molar-refractivity contribution is -0.0303. The Hall–Kier alpha value is -0.870. The third-order valence-electron chi connectivity index (χ3n) is 3.68. The van der Waals surface area contributed by atoms with E-state index in [2.05, 4.69) is 15.9 Å². The monoisotopic (exact) mass is 309 g/mol. The number of nitrogens with zero attached hydrogens (tertiary/aromatic N) is 1. The molecule has 2 aliphatic heterocycles. The molecule has 1 aromatic carbocycles. The first-order chi connectivity index (χ1) is 8.63. The molecule has 2 atom stereocenters. The molecule has 3 nitrogen and oxygen atoms in total. The topological polar surface area (TPSA) is 29.5 Å². The van der Waals surface area contributed by atoms with Gasteiger partial charge in [0.05, 0.1) is 17.8 Å². The van der Waals surface area contributed by atoms with E-state index in [0.29, 0.717) is 0 Å². The summed E-state index contributed by atoms with van der Waals surface area (Å²) in [6, 6.07) is 5.89. The summed E-state index contributed by atoms with van der Waals surface area (Å²) in [5, 5.41) is 0. The van der Waals surface area contributed by atoms with Crippen LogP contribution in [-0.2, 0) is 4.74 Å². The Morgan fingerprint density at radius 2 is 2.00 bits per heavy atom. The number of ether oxygens (including phenoxy) is 1. The normalized spacial score (nSPS) is 26.4. The first kappa shape index (κ1) is 12.2. The summed E-state index contributed by atoms with van der Waals surface area (Å²) in [6.45, 7) is 3.47. The van der Waals surface area contributed by atoms with Gasteiger partial charge in [0.25, 0.3) is 5.91 Å². The van der Waals surface area contributed by atoms with Crippen LogP contribution >= 0.6 is 15.9 Å². The smallest absolute Gasteiger partial charge is 0.255 e. The molecule has 2 fully saturated rings. The maximum Gasteiger partial charge on any atom is 0.255 e. The first-order valence-electron chi connectivity index (χ1n) is 6.34. The number of hydrogen-bond acceptors (Lipinski definition) is 2. The Kier molecular flexibility index (Phi) is 3.16. The van der Waals surface area contributed by atoms with Gasteiger partial charge in [-0.2, -0.15) is 0 Å². The zero-order valence-electron chi connectivity index (χ0n) is 10.4. The minimum atomic E-state index is 0.116. The molecule has 2 unspecified atom stereocenters. The molecule has 2 aliphatic rings. The van der Waals surface area contributed by atoms with Gasteiger partial charge in [0, 0.05) is 17.6 Å². The second-order valence-electron chi connectivity index (χ2n) is 5.15. The molecular formula is C14H16BrNO2. The van der Waals surface area contributed by atoms with Crippen molar-refractivity contribution in [3.63, 3.8) is 0 Å². The van der Waals surface area contributed by atoms with Crippen LogP contribution in [0.4, 0.5) is 0 Å². The van der Waals surface area contributed by atoms with Crippen LogP contribution in [-0.4, -0.2) is 36.1 Å². The van der Waals surface area contributed by atoms with Crippen molar-refractivity contribution in [2.24, 2.45) is 0 Å². The van der Waals surface area contributed by atoms with Crippen LogP contribution < -0.4 is 0 Å². The van der Waals surface area contributed by atoms with E-state index >= 15 is 0 Å². The van der Waals surface area contributed by atoms with E-state index in [1.54, 1.807) is 0 Å². The molecule has 2 bridgehead atoms. The molecule has 1 amide bonds. The van der Waals surface area contributed by atoms with Gasteiger partial charge in [-0.25, -0.2) is 0 Å². The molecular weight excluding hydrogens is 294 g/mol. The summed E-state index contributed by atoms with van der Waals surface area (Å²) < 4.78 is 6.63. The second kappa shape index (κ2) is 4.67. The van der Waals surface area contributed by atoms with Crippen molar-refractivity contribution in [1.82, 2.24) is 4.90 Å². The van der Waals surface area contributed by atoms with Crippen LogP contribution in [0.2, 0.25) is 0 Å². The van der Waals surface area contributed by atoms with Crippen molar-refractivity contribution in [2.75, 3.05) is 13.1 Å². The van der Waals surface area contributed by atoms with Gasteiger partial charge in [-0.3, -0.25) is 4.79 Å². The van der Waals surface area contributed by atoms with E-state index in [-0.39, 0.29) is 18.1 Å². The number of hydrogen-bond donors (Lipinski definition) is 0. The number of carbonyl (C=O) groups excluding carboxylic acids is 1. The fourth-order valence-corrected chi connectivity index (χ4v) is 3.17. The van der Waals surface area contributed by atoms with Crippen molar-refractivity contribution in [3.05, 3.63) is 33.8 Å². The number of morpholine rings is 1. The van der Waals surface area contributed by atoms with Crippen LogP contribution in [0.15, 0.2) is 22.7 Å². The molecule has 96 valence electrons. The highest BCUT2D eigenvalue weighted by molar-refractivity contribution is 9.10. The maximum atomic E-state index is 12.5. The number of likely N-dealkylation sites (tertiary alicyclic amines) is 1. The van der Waals surface area contributed by atoms with Crippen molar-refractivity contribution in [2.45, 2.75) is 32.0 Å². The molecule has 18 heavy (non-hydrogen) atoms. The van der Waals surface area contributed by atoms with E-state index in [1.165, 1.54) is 0 Å². The SMILES string of the molecule is Cc1ccc(Br)c(C(=O)N2CC3CCC(C2)O3)c1. The summed E-state index contributed by atoms with van der Waals surface area (Å²) in [5.74, 6) is 0.116. The third-order valence-corrected chi connectivity index (χ3v) is 4.37. The lowest BCUT2D eigenvalue weighted by atomic mass is 10.1. The van der Waals surface area contributed by atoms with Gasteiger partial charge in [0.1, 0.15) is 0 Å². The lowest BCUT2D eigenvalue weighted by Crippen LogP contribution is -2.45. The number of carbonyl (C=O) groups is 1. The predicted molar refractivity (Wildman–Crippen MR) is 72.7 cm³/mol. The number of aryl methyl sites for hydroxylation is 1. The van der Waals surface area contributed by atoms with Crippen LogP contribution in [0.1, 0.15) is 28.8 Å². The molecule has 2 saturated heterocycles. The molecule has 1 aromatic rings. The van der Waals surface area contributed by atoms with E-state index in [0.717, 1.165) is 41.5 Å². The van der Waals surface area contributed by atoms with E-state index < -0.39 is 0 Å². The summed E-state index contributed by atoms with van der Waals surface area (Å²) in [4.78, 5) is 14.5. The Balaban J connectivity index is 1.84. The van der Waals surface area contributed by atoms with E-state index in [4.69, 9.17) is 4.74 Å². The van der Waals surface area contributed by atoms with Crippen LogP contribution in [0.3, 0.4) is 0 Å². The van der Waals surface area contributed by atoms with Gasteiger partial charge in [0.15, 0.2) is 0 Å². The summed E-state index contributed by atoms with van der Waals surface area (Å²) in [5.41, 5.74) is 1.87. The molecule has 0 N–H and O–H groups in total. The predicted octanol–water partition coefficient (Wildman–Crippen LogP) is 2.76. The van der Waals surface area contributed by atoms with Crippen LogP contribution in [0.5, 0.6) is 0 Å². The number of rotatable bonds is 1. The Bertz CT molecular complexity index is 477. The minimum Gasteiger partial charge on any atom is -0.371 e. The quantitative estimate of drug-likeness (QED) is 0.798. The van der Waals surface area contributed by atoms with Gasteiger partial charge in [-0.05, 0) is 47.8 Å². The molecule has 3 rings (SSSR count). The summed E-state index contributed by atoms with van der Waals surface area (Å²) >= 11 is 3.46. The molecule has 0 saturated carbocycles. The van der Waals surface area contributed by atoms with Crippen molar-refractivity contribution < 1.29 is 9.53 Å². The van der Waals surface area contributed by atoms with Crippen molar-refractivity contribution >= 4 is 21.8 Å². The van der Waals surface area contributed by atoms with E-state index in [1.807, 2.05) is 30.0 Å². The fraction of sp³-hybridized carbons (Fsp3) is 0.500. The number of fused-ring (bicyclic) bond motifs is 2. The van der Waals surface area contributed by atoms with Gasteiger partial charge in [-0.15, -0.1) is 0 Å². The number of halogens is 1. The molecule has 0 spiro atoms.